The zero-order valence-electron chi connectivity index (χ0n) is 25.7. The van der Waals surface area contributed by atoms with Crippen molar-refractivity contribution in [1.29, 1.82) is 0 Å². The van der Waals surface area contributed by atoms with E-state index in [1.54, 1.807) is 0 Å². The number of aliphatic imine (C=N–C) groups is 2. The lowest BCUT2D eigenvalue weighted by Gasteiger charge is -2.24. The van der Waals surface area contributed by atoms with Crippen LogP contribution in [0.1, 0.15) is 22.9 Å². The summed E-state index contributed by atoms with van der Waals surface area (Å²) in [5, 5.41) is 10.1. The molecule has 5 nitrogen and oxygen atoms in total. The Kier molecular flexibility index (Phi) is 5.87. The van der Waals surface area contributed by atoms with Gasteiger partial charge in [-0.05, 0) is 46.8 Å². The molecule has 7 aromatic carbocycles. The van der Waals surface area contributed by atoms with E-state index >= 15 is 0 Å². The smallest absolute Gasteiger partial charge is 0.171 e. The second-order valence-corrected chi connectivity index (χ2v) is 12.2. The number of nitrogens with zero attached hydrogens (tertiary/aromatic N) is 2. The van der Waals surface area contributed by atoms with Gasteiger partial charge in [-0.15, -0.1) is 0 Å². The minimum atomic E-state index is -0.549. The van der Waals surface area contributed by atoms with Crippen LogP contribution >= 0.6 is 0 Å². The van der Waals surface area contributed by atoms with Gasteiger partial charge in [0, 0.05) is 43.6 Å². The minimum absolute atomic E-state index is 0.549. The maximum absolute atomic E-state index is 6.62. The van der Waals surface area contributed by atoms with E-state index in [1.807, 2.05) is 48.5 Å². The number of hydrogen-bond acceptors (Lipinski definition) is 5. The second-order valence-electron chi connectivity index (χ2n) is 12.2. The third kappa shape index (κ3) is 4.18. The zero-order chi connectivity index (χ0) is 31.6. The number of nitrogens with one attached hydrogen (secondary N) is 1. The Morgan fingerprint density at radius 3 is 1.90 bits per heavy atom. The third-order valence-corrected chi connectivity index (χ3v) is 9.35. The molecule has 1 aliphatic rings. The summed E-state index contributed by atoms with van der Waals surface area (Å²) in [5.41, 5.74) is 8.41. The fraction of sp³-hybridized carbons (Fsp3) is 0.0233. The molecule has 48 heavy (non-hydrogen) atoms. The molecule has 0 fully saturated rings. The largest absolute Gasteiger partial charge is 0.456 e. The molecule has 0 unspecified atom stereocenters. The first-order chi connectivity index (χ1) is 23.8. The summed E-state index contributed by atoms with van der Waals surface area (Å²) in [7, 11) is 0. The van der Waals surface area contributed by atoms with Crippen molar-refractivity contribution >= 4 is 66.3 Å². The van der Waals surface area contributed by atoms with Crippen LogP contribution in [0, 0.1) is 0 Å². The van der Waals surface area contributed by atoms with Crippen LogP contribution in [-0.4, -0.2) is 11.7 Å². The molecular formula is C43H27N3O2. The molecular weight excluding hydrogens is 590 g/mol. The van der Waals surface area contributed by atoms with Crippen LogP contribution in [0.25, 0.3) is 65.8 Å². The Hall–Kier alpha value is -6.46. The van der Waals surface area contributed by atoms with E-state index in [4.69, 9.17) is 18.8 Å². The molecule has 226 valence electrons. The first-order valence-electron chi connectivity index (χ1n) is 16.1. The molecule has 0 amide bonds. The molecule has 0 atom stereocenters. The van der Waals surface area contributed by atoms with Crippen molar-refractivity contribution in [2.75, 3.05) is 0 Å². The Bertz CT molecular complexity index is 2700. The summed E-state index contributed by atoms with van der Waals surface area (Å²) in [6, 6.07) is 52.1. The quantitative estimate of drug-likeness (QED) is 0.214. The molecule has 9 aromatic rings. The summed E-state index contributed by atoms with van der Waals surface area (Å²) in [6.07, 6.45) is -0.549. The standard InChI is InChI=1S/C43H27N3O2/c1-3-12-27(13-4-1)41-44-42(28-14-5-2-6-15-28)46-43(45-41)39-30(23-24-36-38(39)34-17-9-10-18-35(34)47-36)29-20-21-32-33-22-19-26-11-7-8-16-31(26)40(33)48-37(32)25-29/h1-25,43H,(H,44,45,46). The van der Waals surface area contributed by atoms with Gasteiger partial charge in [0.15, 0.2) is 6.17 Å². The molecule has 5 heteroatoms. The Morgan fingerprint density at radius 2 is 1.12 bits per heavy atom. The first kappa shape index (κ1) is 26.7. The Balaban J connectivity index is 1.25. The van der Waals surface area contributed by atoms with Crippen molar-refractivity contribution in [3.63, 3.8) is 0 Å². The Morgan fingerprint density at radius 1 is 0.458 bits per heavy atom. The predicted molar refractivity (Wildman–Crippen MR) is 196 cm³/mol. The highest BCUT2D eigenvalue weighted by Crippen LogP contribution is 2.44. The normalized spacial score (nSPS) is 13.8. The van der Waals surface area contributed by atoms with Crippen LogP contribution in [0.2, 0.25) is 0 Å². The van der Waals surface area contributed by atoms with Gasteiger partial charge in [-0.1, -0.05) is 121 Å². The van der Waals surface area contributed by atoms with Gasteiger partial charge in [-0.3, -0.25) is 0 Å². The molecule has 3 heterocycles. The van der Waals surface area contributed by atoms with Gasteiger partial charge in [0.2, 0.25) is 0 Å². The SMILES string of the molecule is c1ccc(C2=NC(c3c(-c4ccc5c(c4)oc4c6ccccc6ccc54)ccc4oc5ccccc5c34)N=C(c3ccccc3)N2)cc1. The second kappa shape index (κ2) is 10.5. The van der Waals surface area contributed by atoms with Gasteiger partial charge in [0.25, 0.3) is 0 Å². The number of fused-ring (bicyclic) bond motifs is 8. The van der Waals surface area contributed by atoms with Crippen molar-refractivity contribution in [2.24, 2.45) is 9.98 Å². The third-order valence-electron chi connectivity index (χ3n) is 9.35. The summed E-state index contributed by atoms with van der Waals surface area (Å²) >= 11 is 0. The minimum Gasteiger partial charge on any atom is -0.456 e. The molecule has 2 aromatic heterocycles. The lowest BCUT2D eigenvalue weighted by atomic mass is 9.92. The van der Waals surface area contributed by atoms with E-state index in [1.165, 1.54) is 0 Å². The van der Waals surface area contributed by atoms with Crippen molar-refractivity contribution in [1.82, 2.24) is 5.32 Å². The van der Waals surface area contributed by atoms with Crippen molar-refractivity contribution < 1.29 is 8.83 Å². The first-order valence-corrected chi connectivity index (χ1v) is 16.1. The van der Waals surface area contributed by atoms with E-state index in [2.05, 4.69) is 108 Å². The highest BCUT2D eigenvalue weighted by molar-refractivity contribution is 6.18. The number of hydrogen-bond donors (Lipinski definition) is 1. The van der Waals surface area contributed by atoms with Crippen LogP contribution in [0.3, 0.4) is 0 Å². The molecule has 0 bridgehead atoms. The Labute approximate surface area is 275 Å². The average molecular weight is 618 g/mol. The van der Waals surface area contributed by atoms with Gasteiger partial charge in [-0.2, -0.15) is 0 Å². The van der Waals surface area contributed by atoms with Crippen LogP contribution in [-0.2, 0) is 0 Å². The highest BCUT2D eigenvalue weighted by atomic mass is 16.3. The average Bonchev–Trinajstić information content (AvgIpc) is 3.73. The molecule has 0 saturated carbocycles. The molecule has 1 N–H and O–H groups in total. The van der Waals surface area contributed by atoms with Crippen LogP contribution in [0.15, 0.2) is 170 Å². The maximum Gasteiger partial charge on any atom is 0.171 e. The molecule has 0 aliphatic carbocycles. The van der Waals surface area contributed by atoms with Crippen molar-refractivity contribution in [2.45, 2.75) is 6.17 Å². The van der Waals surface area contributed by atoms with Crippen LogP contribution in [0.5, 0.6) is 0 Å². The fourth-order valence-electron chi connectivity index (χ4n) is 7.10. The lowest BCUT2D eigenvalue weighted by molar-refractivity contribution is 0.667. The van der Waals surface area contributed by atoms with Crippen LogP contribution in [0.4, 0.5) is 0 Å². The molecule has 0 radical (unpaired) electrons. The van der Waals surface area contributed by atoms with Crippen LogP contribution < -0.4 is 5.32 Å². The van der Waals surface area contributed by atoms with Gasteiger partial charge in [0.05, 0.1) is 0 Å². The maximum atomic E-state index is 6.62. The molecule has 0 saturated heterocycles. The van der Waals surface area contributed by atoms with E-state index in [9.17, 15) is 0 Å². The highest BCUT2D eigenvalue weighted by Gasteiger charge is 2.27. The number of benzene rings is 7. The summed E-state index contributed by atoms with van der Waals surface area (Å²) in [5.74, 6) is 1.54. The number of amidine groups is 2. The van der Waals surface area contributed by atoms with Gasteiger partial charge >= 0.3 is 0 Å². The van der Waals surface area contributed by atoms with E-state index in [0.29, 0.717) is 0 Å². The van der Waals surface area contributed by atoms with E-state index in [0.717, 1.165) is 94.1 Å². The van der Waals surface area contributed by atoms with Gasteiger partial charge < -0.3 is 14.2 Å². The van der Waals surface area contributed by atoms with E-state index < -0.39 is 6.17 Å². The topological polar surface area (TPSA) is 63.0 Å². The summed E-state index contributed by atoms with van der Waals surface area (Å²) in [6.45, 7) is 0. The molecule has 10 rings (SSSR count). The van der Waals surface area contributed by atoms with Gasteiger partial charge in [0.1, 0.15) is 34.0 Å². The lowest BCUT2D eigenvalue weighted by Crippen LogP contribution is -2.36. The van der Waals surface area contributed by atoms with E-state index in [-0.39, 0.29) is 0 Å². The number of furan rings is 2. The summed E-state index contributed by atoms with van der Waals surface area (Å²) in [4.78, 5) is 10.6. The van der Waals surface area contributed by atoms with Gasteiger partial charge in [-0.25, -0.2) is 9.98 Å². The fourth-order valence-corrected chi connectivity index (χ4v) is 7.10. The monoisotopic (exact) mass is 617 g/mol. The number of para-hydroxylation sites is 1. The number of rotatable bonds is 4. The summed E-state index contributed by atoms with van der Waals surface area (Å²) < 4.78 is 13.0. The predicted octanol–water partition coefficient (Wildman–Crippen LogP) is 10.8. The zero-order valence-corrected chi connectivity index (χ0v) is 25.7. The van der Waals surface area contributed by atoms with Crippen molar-refractivity contribution in [3.8, 4) is 11.1 Å². The van der Waals surface area contributed by atoms with Crippen molar-refractivity contribution in [3.05, 3.63) is 168 Å². The molecule has 1 aliphatic heterocycles. The molecule has 0 spiro atoms.